The Morgan fingerprint density at radius 3 is 2.32 bits per heavy atom. The lowest BCUT2D eigenvalue weighted by Gasteiger charge is -2.29. The number of ether oxygens (including phenoxy) is 1. The summed E-state index contributed by atoms with van der Waals surface area (Å²) in [7, 11) is -2.36. The number of H-pyrrole nitrogens is 1. The van der Waals surface area contributed by atoms with Crippen molar-refractivity contribution < 1.29 is 17.9 Å². The lowest BCUT2D eigenvalue weighted by Crippen LogP contribution is -2.46. The van der Waals surface area contributed by atoms with E-state index < -0.39 is 16.1 Å². The number of para-hydroxylation sites is 1. The molecule has 1 aromatic heterocycles. The Bertz CT molecular complexity index is 1480. The van der Waals surface area contributed by atoms with E-state index in [2.05, 4.69) is 11.1 Å². The van der Waals surface area contributed by atoms with Crippen molar-refractivity contribution in [2.24, 2.45) is 0 Å². The van der Waals surface area contributed by atoms with Crippen molar-refractivity contribution in [3.8, 4) is 5.75 Å². The predicted molar refractivity (Wildman–Crippen MR) is 151 cm³/mol. The van der Waals surface area contributed by atoms with Crippen molar-refractivity contribution in [3.05, 3.63) is 95.7 Å². The largest absolute Gasteiger partial charge is 0.497 e. The molecule has 0 atom stereocenters. The molecule has 4 rings (SSSR count). The van der Waals surface area contributed by atoms with Crippen LogP contribution in [0.15, 0.2) is 83.9 Å². The first kappa shape index (κ1) is 27.4. The molecule has 1 amide bonds. The summed E-state index contributed by atoms with van der Waals surface area (Å²) in [6, 6.07) is 22.0. The molecule has 0 fully saturated rings. The van der Waals surface area contributed by atoms with E-state index >= 15 is 0 Å². The number of hydrogen-bond donors (Lipinski definition) is 1. The van der Waals surface area contributed by atoms with Crippen LogP contribution in [0.3, 0.4) is 0 Å². The molecule has 0 bridgehead atoms. The van der Waals surface area contributed by atoms with E-state index in [1.54, 1.807) is 30.9 Å². The summed E-state index contributed by atoms with van der Waals surface area (Å²) >= 11 is 0. The van der Waals surface area contributed by atoms with Gasteiger partial charge in [0, 0.05) is 36.2 Å². The van der Waals surface area contributed by atoms with Crippen LogP contribution in [-0.4, -0.2) is 54.8 Å². The molecule has 0 saturated carbocycles. The van der Waals surface area contributed by atoms with Crippen molar-refractivity contribution in [2.75, 3.05) is 20.2 Å². The number of nitrogens with one attached hydrogen (secondary N) is 1. The highest BCUT2D eigenvalue weighted by Crippen LogP contribution is 2.23. The number of benzene rings is 3. The highest BCUT2D eigenvalue weighted by Gasteiger charge is 2.31. The highest BCUT2D eigenvalue weighted by atomic mass is 32.2. The van der Waals surface area contributed by atoms with Crippen LogP contribution in [0.2, 0.25) is 0 Å². The molecular weight excluding hydrogens is 498 g/mol. The quantitative estimate of drug-likeness (QED) is 0.289. The average molecular weight is 534 g/mol. The molecule has 38 heavy (non-hydrogen) atoms. The van der Waals surface area contributed by atoms with E-state index in [1.165, 1.54) is 23.5 Å². The fourth-order valence-corrected chi connectivity index (χ4v) is 6.05. The molecule has 0 aliphatic carbocycles. The first-order valence-electron chi connectivity index (χ1n) is 12.7. The van der Waals surface area contributed by atoms with Gasteiger partial charge in [-0.05, 0) is 68.7 Å². The number of carbonyl (C=O) groups excluding carboxylic acids is 1. The van der Waals surface area contributed by atoms with Gasteiger partial charge in [0.15, 0.2) is 0 Å². The second-order valence-corrected chi connectivity index (χ2v) is 11.6. The Balaban J connectivity index is 1.58. The zero-order chi connectivity index (χ0) is 27.3. The number of nitrogens with zero attached hydrogens (tertiary/aromatic N) is 2. The Hall–Kier alpha value is -3.62. The number of amides is 1. The average Bonchev–Trinajstić information content (AvgIpc) is 3.33. The highest BCUT2D eigenvalue weighted by molar-refractivity contribution is 7.89. The molecule has 1 heterocycles. The Morgan fingerprint density at radius 2 is 1.66 bits per heavy atom. The molecule has 0 saturated heterocycles. The van der Waals surface area contributed by atoms with Crippen molar-refractivity contribution >= 4 is 26.8 Å². The van der Waals surface area contributed by atoms with E-state index in [-0.39, 0.29) is 17.3 Å². The minimum Gasteiger partial charge on any atom is -0.497 e. The van der Waals surface area contributed by atoms with Gasteiger partial charge < -0.3 is 14.6 Å². The monoisotopic (exact) mass is 533 g/mol. The van der Waals surface area contributed by atoms with Crippen LogP contribution in [0, 0.1) is 6.92 Å². The zero-order valence-electron chi connectivity index (χ0n) is 22.3. The molecule has 3 aromatic carbocycles. The summed E-state index contributed by atoms with van der Waals surface area (Å²) in [6.07, 6.45) is 2.63. The standard InChI is InChI=1S/C30H35N3O4S/c1-22(2)33(38(35,36)27-15-13-26(37-4)14-16-27)21-30(34)32(20-24-11-9-23(3)10-12-24)18-17-25-19-31-29-8-6-5-7-28(25)29/h5-16,19,22,31H,17-18,20-21H2,1-4H3. The molecule has 7 nitrogen and oxygen atoms in total. The van der Waals surface area contributed by atoms with Crippen molar-refractivity contribution in [2.45, 2.75) is 44.7 Å². The number of carbonyl (C=O) groups is 1. The number of fused-ring (bicyclic) bond motifs is 1. The van der Waals surface area contributed by atoms with Crippen LogP contribution in [0.5, 0.6) is 5.75 Å². The summed E-state index contributed by atoms with van der Waals surface area (Å²) in [6.45, 7) is 6.20. The predicted octanol–water partition coefficient (Wildman–Crippen LogP) is 5.16. The normalized spacial score (nSPS) is 11.8. The Kier molecular flexibility index (Phi) is 8.54. The molecular formula is C30H35N3O4S. The van der Waals surface area contributed by atoms with Gasteiger partial charge in [0.1, 0.15) is 5.75 Å². The molecule has 0 spiro atoms. The van der Waals surface area contributed by atoms with Crippen LogP contribution >= 0.6 is 0 Å². The van der Waals surface area contributed by atoms with Gasteiger partial charge in [-0.2, -0.15) is 4.31 Å². The second-order valence-electron chi connectivity index (χ2n) is 9.73. The number of rotatable bonds is 11. The number of hydrogen-bond acceptors (Lipinski definition) is 4. The molecule has 0 aliphatic heterocycles. The van der Waals surface area contributed by atoms with Crippen molar-refractivity contribution in [1.29, 1.82) is 0 Å². The van der Waals surface area contributed by atoms with Gasteiger partial charge in [0.25, 0.3) is 0 Å². The number of aromatic amines is 1. The van der Waals surface area contributed by atoms with Gasteiger partial charge in [-0.1, -0.05) is 48.0 Å². The molecule has 1 N–H and O–H groups in total. The minimum atomic E-state index is -3.89. The maximum atomic E-state index is 13.7. The molecule has 0 radical (unpaired) electrons. The maximum absolute atomic E-state index is 13.7. The first-order chi connectivity index (χ1) is 18.2. The van der Waals surface area contributed by atoms with Gasteiger partial charge in [-0.3, -0.25) is 4.79 Å². The second kappa shape index (κ2) is 11.8. The van der Waals surface area contributed by atoms with Gasteiger partial charge in [-0.25, -0.2) is 8.42 Å². The summed E-state index contributed by atoms with van der Waals surface area (Å²) in [5.74, 6) is 0.328. The van der Waals surface area contributed by atoms with Crippen molar-refractivity contribution in [3.63, 3.8) is 0 Å². The summed E-state index contributed by atoms with van der Waals surface area (Å²) < 4.78 is 33.5. The molecule has 8 heteroatoms. The van der Waals surface area contributed by atoms with Crippen molar-refractivity contribution in [1.82, 2.24) is 14.2 Å². The fraction of sp³-hybridized carbons (Fsp3) is 0.300. The van der Waals surface area contributed by atoms with Gasteiger partial charge in [-0.15, -0.1) is 0 Å². The van der Waals surface area contributed by atoms with Gasteiger partial charge in [0.2, 0.25) is 15.9 Å². The fourth-order valence-electron chi connectivity index (χ4n) is 4.46. The van der Waals surface area contributed by atoms with Crippen LogP contribution in [-0.2, 0) is 27.8 Å². The molecule has 0 aliphatic rings. The number of aromatic nitrogens is 1. The molecule has 200 valence electrons. The lowest BCUT2D eigenvalue weighted by atomic mass is 10.1. The summed E-state index contributed by atoms with van der Waals surface area (Å²) in [4.78, 5) is 18.9. The third kappa shape index (κ3) is 6.26. The summed E-state index contributed by atoms with van der Waals surface area (Å²) in [5.41, 5.74) is 4.31. The smallest absolute Gasteiger partial charge is 0.243 e. The van der Waals surface area contributed by atoms with Crippen LogP contribution in [0.1, 0.15) is 30.5 Å². The Labute approximate surface area is 225 Å². The SMILES string of the molecule is COc1ccc(S(=O)(=O)N(CC(=O)N(CCc2c[nH]c3ccccc23)Cc2ccc(C)cc2)C(C)C)cc1. The lowest BCUT2D eigenvalue weighted by molar-refractivity contribution is -0.132. The molecule has 4 aromatic rings. The van der Waals surface area contributed by atoms with Crippen LogP contribution < -0.4 is 4.74 Å². The van der Waals surface area contributed by atoms with Gasteiger partial charge >= 0.3 is 0 Å². The van der Waals surface area contributed by atoms with Gasteiger partial charge in [0.05, 0.1) is 18.6 Å². The van der Waals surface area contributed by atoms with E-state index in [0.717, 1.165) is 27.6 Å². The van der Waals surface area contributed by atoms with E-state index in [9.17, 15) is 13.2 Å². The van der Waals surface area contributed by atoms with E-state index in [1.807, 2.05) is 55.6 Å². The number of sulfonamides is 1. The topological polar surface area (TPSA) is 82.7 Å². The summed E-state index contributed by atoms with van der Waals surface area (Å²) in [5, 5.41) is 1.13. The zero-order valence-corrected chi connectivity index (χ0v) is 23.2. The van der Waals surface area contributed by atoms with E-state index in [4.69, 9.17) is 4.74 Å². The molecule has 0 unspecified atom stereocenters. The minimum absolute atomic E-state index is 0.128. The maximum Gasteiger partial charge on any atom is 0.243 e. The first-order valence-corrected chi connectivity index (χ1v) is 14.2. The van der Waals surface area contributed by atoms with Crippen LogP contribution in [0.25, 0.3) is 10.9 Å². The Morgan fingerprint density at radius 1 is 0.974 bits per heavy atom. The number of methoxy groups -OCH3 is 1. The third-order valence-electron chi connectivity index (χ3n) is 6.71. The van der Waals surface area contributed by atoms with E-state index in [0.29, 0.717) is 25.3 Å². The third-order valence-corrected chi connectivity index (χ3v) is 8.74. The number of aryl methyl sites for hydroxylation is 1. The van der Waals surface area contributed by atoms with Crippen LogP contribution in [0.4, 0.5) is 0 Å².